The number of fused-ring (bicyclic) bond motifs is 1. The van der Waals surface area contributed by atoms with Crippen molar-refractivity contribution in [2.75, 3.05) is 19.1 Å². The predicted molar refractivity (Wildman–Crippen MR) is 77.3 cm³/mol. The van der Waals surface area contributed by atoms with E-state index in [9.17, 15) is 9.90 Å². The average Bonchev–Trinajstić information content (AvgIpc) is 2.92. The van der Waals surface area contributed by atoms with Crippen LogP contribution in [0.1, 0.15) is 36.0 Å². The van der Waals surface area contributed by atoms with Crippen LogP contribution in [0.25, 0.3) is 0 Å². The minimum absolute atomic E-state index is 0.123. The highest BCUT2D eigenvalue weighted by Crippen LogP contribution is 2.35. The van der Waals surface area contributed by atoms with E-state index in [-0.39, 0.29) is 24.7 Å². The van der Waals surface area contributed by atoms with E-state index < -0.39 is 0 Å². The van der Waals surface area contributed by atoms with Gasteiger partial charge in [-0.1, -0.05) is 12.8 Å². The van der Waals surface area contributed by atoms with E-state index in [1.54, 1.807) is 12.1 Å². The van der Waals surface area contributed by atoms with Gasteiger partial charge in [0.25, 0.3) is 5.91 Å². The summed E-state index contributed by atoms with van der Waals surface area (Å²) in [6.45, 7) is 0.613. The van der Waals surface area contributed by atoms with Gasteiger partial charge in [-0.15, -0.1) is 0 Å². The maximum absolute atomic E-state index is 12.2. The first kappa shape index (κ1) is 14.0. The molecule has 1 aromatic carbocycles. The van der Waals surface area contributed by atoms with Crippen molar-refractivity contribution in [3.05, 3.63) is 17.7 Å². The highest BCUT2D eigenvalue weighted by atomic mass is 16.7. The Balaban J connectivity index is 1.65. The molecule has 6 nitrogen and oxygen atoms in total. The van der Waals surface area contributed by atoms with Gasteiger partial charge in [0, 0.05) is 24.2 Å². The van der Waals surface area contributed by atoms with E-state index in [1.165, 1.54) is 0 Å². The lowest BCUT2D eigenvalue weighted by atomic mass is 9.86. The maximum atomic E-state index is 12.2. The number of nitrogen functional groups attached to an aromatic ring is 1. The van der Waals surface area contributed by atoms with Crippen LogP contribution in [0.2, 0.25) is 0 Å². The predicted octanol–water partition coefficient (Wildman–Crippen LogP) is 1.28. The fraction of sp³-hybridized carbons (Fsp3) is 0.533. The first-order valence-electron chi connectivity index (χ1n) is 7.30. The van der Waals surface area contributed by atoms with Crippen LogP contribution < -0.4 is 20.5 Å². The van der Waals surface area contributed by atoms with Gasteiger partial charge in [-0.2, -0.15) is 0 Å². The van der Waals surface area contributed by atoms with Crippen molar-refractivity contribution in [1.29, 1.82) is 0 Å². The molecular formula is C15H20N2O4. The fourth-order valence-electron chi connectivity index (χ4n) is 2.90. The summed E-state index contributed by atoms with van der Waals surface area (Å²) in [6.07, 6.45) is 3.59. The van der Waals surface area contributed by atoms with Gasteiger partial charge in [0.2, 0.25) is 6.79 Å². The molecule has 0 radical (unpaired) electrons. The van der Waals surface area contributed by atoms with E-state index in [0.29, 0.717) is 29.3 Å². The number of hydrogen-bond donors (Lipinski definition) is 3. The third-order valence-corrected chi connectivity index (χ3v) is 4.18. The number of hydrogen-bond acceptors (Lipinski definition) is 5. The summed E-state index contributed by atoms with van der Waals surface area (Å²) < 4.78 is 10.5. The maximum Gasteiger partial charge on any atom is 0.253 e. The molecular weight excluding hydrogens is 272 g/mol. The van der Waals surface area contributed by atoms with Crippen LogP contribution in [0, 0.1) is 5.92 Å². The summed E-state index contributed by atoms with van der Waals surface area (Å²) in [5.41, 5.74) is 6.63. The molecule has 1 aromatic rings. The average molecular weight is 292 g/mol. The Hall–Kier alpha value is -1.95. The number of anilines is 1. The molecule has 114 valence electrons. The Morgan fingerprint density at radius 3 is 2.76 bits per heavy atom. The standard InChI is InChI=1S/C15H20N2O4/c16-11-6-14-13(20-8-21-14)5-10(11)15(19)17-7-9-3-1-2-4-12(9)18/h5-6,9,12,18H,1-4,7-8,16H2,(H,17,19). The molecule has 6 heteroatoms. The molecule has 2 aliphatic rings. The van der Waals surface area contributed by atoms with Crippen LogP contribution >= 0.6 is 0 Å². The first-order chi connectivity index (χ1) is 10.1. The zero-order valence-electron chi connectivity index (χ0n) is 11.8. The summed E-state index contributed by atoms with van der Waals surface area (Å²) in [6, 6.07) is 3.21. The molecule has 3 rings (SSSR count). The molecule has 2 unspecified atom stereocenters. The Bertz CT molecular complexity index is 547. The van der Waals surface area contributed by atoms with Gasteiger partial charge in [0.1, 0.15) is 0 Å². The lowest BCUT2D eigenvalue weighted by Crippen LogP contribution is -2.36. The fourth-order valence-corrected chi connectivity index (χ4v) is 2.90. The third kappa shape index (κ3) is 2.90. The highest BCUT2D eigenvalue weighted by Gasteiger charge is 2.24. The molecule has 1 fully saturated rings. The van der Waals surface area contributed by atoms with Crippen LogP contribution in [0.5, 0.6) is 11.5 Å². The second-order valence-corrected chi connectivity index (χ2v) is 5.61. The van der Waals surface area contributed by atoms with Crippen LogP contribution in [-0.2, 0) is 0 Å². The molecule has 0 aromatic heterocycles. The van der Waals surface area contributed by atoms with Gasteiger partial charge in [-0.3, -0.25) is 4.79 Å². The molecule has 0 saturated heterocycles. The normalized spacial score (nSPS) is 23.9. The van der Waals surface area contributed by atoms with Gasteiger partial charge in [0.15, 0.2) is 11.5 Å². The number of nitrogens with two attached hydrogens (primary N) is 1. The van der Waals surface area contributed by atoms with Gasteiger partial charge in [-0.05, 0) is 18.9 Å². The molecule has 1 amide bonds. The van der Waals surface area contributed by atoms with Crippen LogP contribution in [0.15, 0.2) is 12.1 Å². The lowest BCUT2D eigenvalue weighted by Gasteiger charge is -2.27. The van der Waals surface area contributed by atoms with Gasteiger partial charge in [-0.25, -0.2) is 0 Å². The molecule has 1 aliphatic heterocycles. The van der Waals surface area contributed by atoms with Crippen molar-refractivity contribution in [2.24, 2.45) is 5.92 Å². The number of amides is 1. The quantitative estimate of drug-likeness (QED) is 0.730. The van der Waals surface area contributed by atoms with Crippen molar-refractivity contribution in [3.8, 4) is 11.5 Å². The largest absolute Gasteiger partial charge is 0.454 e. The zero-order valence-corrected chi connectivity index (χ0v) is 11.8. The minimum Gasteiger partial charge on any atom is -0.454 e. The summed E-state index contributed by atoms with van der Waals surface area (Å²) in [5, 5.41) is 12.8. The van der Waals surface area contributed by atoms with Crippen molar-refractivity contribution in [3.63, 3.8) is 0 Å². The van der Waals surface area contributed by atoms with E-state index in [4.69, 9.17) is 15.2 Å². The molecule has 2 atom stereocenters. The number of ether oxygens (including phenoxy) is 2. The summed E-state index contributed by atoms with van der Waals surface area (Å²) in [4.78, 5) is 12.2. The SMILES string of the molecule is Nc1cc2c(cc1C(=O)NCC1CCCCC1O)OCO2. The molecule has 21 heavy (non-hydrogen) atoms. The Morgan fingerprint density at radius 2 is 2.00 bits per heavy atom. The Morgan fingerprint density at radius 1 is 1.29 bits per heavy atom. The summed E-state index contributed by atoms with van der Waals surface area (Å²) in [5.74, 6) is 0.973. The van der Waals surface area contributed by atoms with Gasteiger partial charge in [0.05, 0.1) is 11.7 Å². The van der Waals surface area contributed by atoms with Crippen molar-refractivity contribution in [2.45, 2.75) is 31.8 Å². The highest BCUT2D eigenvalue weighted by molar-refractivity contribution is 6.00. The summed E-state index contributed by atoms with van der Waals surface area (Å²) in [7, 11) is 0. The smallest absolute Gasteiger partial charge is 0.253 e. The number of benzene rings is 1. The minimum atomic E-state index is -0.326. The number of rotatable bonds is 3. The van der Waals surface area contributed by atoms with E-state index in [2.05, 4.69) is 5.32 Å². The van der Waals surface area contributed by atoms with Crippen LogP contribution in [0.4, 0.5) is 5.69 Å². The lowest BCUT2D eigenvalue weighted by molar-refractivity contribution is 0.0663. The molecule has 1 saturated carbocycles. The Kier molecular flexibility index (Phi) is 3.88. The second-order valence-electron chi connectivity index (χ2n) is 5.61. The topological polar surface area (TPSA) is 93.8 Å². The third-order valence-electron chi connectivity index (χ3n) is 4.18. The molecule has 0 spiro atoms. The van der Waals surface area contributed by atoms with Gasteiger partial charge >= 0.3 is 0 Å². The van der Waals surface area contributed by atoms with E-state index >= 15 is 0 Å². The van der Waals surface area contributed by atoms with Crippen molar-refractivity contribution < 1.29 is 19.4 Å². The molecule has 1 aliphatic carbocycles. The molecule has 1 heterocycles. The van der Waals surface area contributed by atoms with Crippen molar-refractivity contribution in [1.82, 2.24) is 5.32 Å². The molecule has 0 bridgehead atoms. The number of carbonyl (C=O) groups is 1. The van der Waals surface area contributed by atoms with Crippen LogP contribution in [0.3, 0.4) is 0 Å². The van der Waals surface area contributed by atoms with Crippen LogP contribution in [-0.4, -0.2) is 30.5 Å². The second kappa shape index (κ2) is 5.81. The zero-order chi connectivity index (χ0) is 14.8. The first-order valence-corrected chi connectivity index (χ1v) is 7.30. The number of carbonyl (C=O) groups excluding carboxylic acids is 1. The van der Waals surface area contributed by atoms with E-state index in [0.717, 1.165) is 25.7 Å². The van der Waals surface area contributed by atoms with Gasteiger partial charge < -0.3 is 25.6 Å². The van der Waals surface area contributed by atoms with Crippen molar-refractivity contribution >= 4 is 11.6 Å². The summed E-state index contributed by atoms with van der Waals surface area (Å²) >= 11 is 0. The monoisotopic (exact) mass is 292 g/mol. The number of nitrogens with one attached hydrogen (secondary N) is 1. The number of aliphatic hydroxyl groups is 1. The number of aliphatic hydroxyl groups excluding tert-OH is 1. The molecule has 4 N–H and O–H groups in total. The Labute approximate surface area is 123 Å². The van der Waals surface area contributed by atoms with E-state index in [1.807, 2.05) is 0 Å².